The minimum Gasteiger partial charge on any atom is -0.377 e. The predicted molar refractivity (Wildman–Crippen MR) is 108 cm³/mol. The fourth-order valence-electron chi connectivity index (χ4n) is 3.23. The molecule has 0 spiro atoms. The number of anilines is 1. The molecule has 0 bridgehead atoms. The Bertz CT molecular complexity index is 1240. The lowest BCUT2D eigenvalue weighted by Crippen LogP contribution is -2.12. The maximum absolute atomic E-state index is 14.9. The van der Waals surface area contributed by atoms with E-state index >= 15 is 0 Å². The maximum atomic E-state index is 14.9. The lowest BCUT2D eigenvalue weighted by molar-refractivity contribution is 0.412. The van der Waals surface area contributed by atoms with Crippen LogP contribution < -0.4 is 10.0 Å². The van der Waals surface area contributed by atoms with Crippen molar-refractivity contribution in [2.45, 2.75) is 11.8 Å². The van der Waals surface area contributed by atoms with Gasteiger partial charge >= 0.3 is 0 Å². The molecule has 0 atom stereocenters. The molecule has 3 aromatic rings. The van der Waals surface area contributed by atoms with Gasteiger partial charge in [0.15, 0.2) is 23.3 Å². The fraction of sp³-hybridized carbons (Fsp3) is 0.143. The molecule has 0 fully saturated rings. The number of aryl methyl sites for hydroxylation is 1. The lowest BCUT2D eigenvalue weighted by atomic mass is 9.92. The van der Waals surface area contributed by atoms with E-state index in [1.165, 1.54) is 12.1 Å². The first-order valence-electron chi connectivity index (χ1n) is 8.71. The highest BCUT2D eigenvalue weighted by Crippen LogP contribution is 2.40. The summed E-state index contributed by atoms with van der Waals surface area (Å²) in [7, 11) is -0.522. The van der Waals surface area contributed by atoms with E-state index in [1.54, 1.807) is 25.1 Å². The van der Waals surface area contributed by atoms with Crippen LogP contribution in [0.4, 0.5) is 23.2 Å². The Morgan fingerprint density at radius 1 is 0.767 bits per heavy atom. The monoisotopic (exact) mass is 438 g/mol. The molecule has 0 aliphatic heterocycles. The van der Waals surface area contributed by atoms with Gasteiger partial charge in [-0.2, -0.15) is 0 Å². The molecule has 0 aliphatic carbocycles. The number of hydrogen-bond donors (Lipinski definition) is 1. The number of nitrogens with two attached hydrogens (primary N) is 1. The standard InChI is InChI=1S/C21H18F4N2O2S/c1-11-4-5-13(10-15(11)27(2)3)17-16(18(22)20(24)21(25)19(17)23)12-6-8-14(9-7-12)30(26,28)29/h4-10H,1-3H3,(H2,26,28,29). The van der Waals surface area contributed by atoms with Crippen LogP contribution in [0.25, 0.3) is 22.3 Å². The quantitative estimate of drug-likeness (QED) is 0.368. The molecule has 0 aliphatic rings. The number of halogens is 4. The SMILES string of the molecule is Cc1ccc(-c2c(F)c(F)c(F)c(F)c2-c2ccc(S(N)(=O)=O)cc2)cc1N(C)C. The maximum Gasteiger partial charge on any atom is 0.238 e. The van der Waals surface area contributed by atoms with E-state index in [4.69, 9.17) is 5.14 Å². The molecule has 4 nitrogen and oxygen atoms in total. The van der Waals surface area contributed by atoms with Crippen molar-refractivity contribution in [1.29, 1.82) is 0 Å². The van der Waals surface area contributed by atoms with Crippen molar-refractivity contribution in [3.05, 3.63) is 71.3 Å². The summed E-state index contributed by atoms with van der Waals surface area (Å²) in [6.07, 6.45) is 0. The van der Waals surface area contributed by atoms with Crippen LogP contribution in [0, 0.1) is 30.2 Å². The summed E-state index contributed by atoms with van der Waals surface area (Å²) in [4.78, 5) is 1.48. The molecule has 9 heteroatoms. The first-order chi connectivity index (χ1) is 13.9. The van der Waals surface area contributed by atoms with Crippen LogP contribution in [-0.2, 0) is 10.0 Å². The predicted octanol–water partition coefficient (Wildman–Crippen LogP) is 4.60. The van der Waals surface area contributed by atoms with E-state index in [9.17, 15) is 26.0 Å². The molecule has 158 valence electrons. The molecule has 3 aromatic carbocycles. The highest BCUT2D eigenvalue weighted by Gasteiger charge is 2.27. The molecule has 30 heavy (non-hydrogen) atoms. The summed E-state index contributed by atoms with van der Waals surface area (Å²) in [5.74, 6) is -7.02. The minimum atomic E-state index is -4.02. The number of primary sulfonamides is 1. The topological polar surface area (TPSA) is 63.4 Å². The average molecular weight is 438 g/mol. The molecule has 0 saturated heterocycles. The van der Waals surface area contributed by atoms with Gasteiger partial charge in [0.2, 0.25) is 10.0 Å². The molecule has 0 amide bonds. The number of benzene rings is 3. The molecular formula is C21H18F4N2O2S. The summed E-state index contributed by atoms with van der Waals surface area (Å²) < 4.78 is 80.7. The van der Waals surface area contributed by atoms with Crippen molar-refractivity contribution >= 4 is 15.7 Å². The third-order valence-electron chi connectivity index (χ3n) is 4.72. The lowest BCUT2D eigenvalue weighted by Gasteiger charge is -2.19. The van der Waals surface area contributed by atoms with Gasteiger partial charge in [-0.05, 0) is 41.8 Å². The Labute approximate surface area is 171 Å². The van der Waals surface area contributed by atoms with E-state index in [0.717, 1.165) is 29.8 Å². The van der Waals surface area contributed by atoms with Crippen molar-refractivity contribution in [1.82, 2.24) is 0 Å². The number of hydrogen-bond acceptors (Lipinski definition) is 3. The van der Waals surface area contributed by atoms with Crippen LogP contribution >= 0.6 is 0 Å². The number of sulfonamides is 1. The van der Waals surface area contributed by atoms with E-state index in [0.29, 0.717) is 5.69 Å². The Hall–Kier alpha value is -2.91. The van der Waals surface area contributed by atoms with E-state index in [-0.39, 0.29) is 16.0 Å². The van der Waals surface area contributed by atoms with Gasteiger partial charge in [0.1, 0.15) is 0 Å². The molecule has 0 unspecified atom stereocenters. The van der Waals surface area contributed by atoms with Gasteiger partial charge in [0, 0.05) is 30.9 Å². The second kappa shape index (κ2) is 7.73. The summed E-state index contributed by atoms with van der Waals surface area (Å²) in [6.45, 7) is 1.81. The third-order valence-corrected chi connectivity index (χ3v) is 5.65. The Morgan fingerprint density at radius 3 is 1.70 bits per heavy atom. The molecular weight excluding hydrogens is 420 g/mol. The third kappa shape index (κ3) is 3.78. The summed E-state index contributed by atoms with van der Waals surface area (Å²) in [5.41, 5.74) is 0.599. The zero-order valence-corrected chi connectivity index (χ0v) is 17.1. The normalized spacial score (nSPS) is 11.6. The van der Waals surface area contributed by atoms with E-state index < -0.39 is 44.4 Å². The molecule has 0 saturated carbocycles. The Balaban J connectivity index is 2.36. The van der Waals surface area contributed by atoms with Gasteiger partial charge in [-0.1, -0.05) is 24.3 Å². The smallest absolute Gasteiger partial charge is 0.238 e. The first-order valence-corrected chi connectivity index (χ1v) is 10.3. The van der Waals surface area contributed by atoms with Crippen molar-refractivity contribution in [2.75, 3.05) is 19.0 Å². The Kier molecular flexibility index (Phi) is 5.62. The second-order valence-electron chi connectivity index (χ2n) is 6.97. The van der Waals surface area contributed by atoms with E-state index in [2.05, 4.69) is 0 Å². The fourth-order valence-corrected chi connectivity index (χ4v) is 3.75. The van der Waals surface area contributed by atoms with Gasteiger partial charge in [-0.25, -0.2) is 31.1 Å². The van der Waals surface area contributed by atoms with Gasteiger partial charge in [0.25, 0.3) is 0 Å². The number of nitrogens with zero attached hydrogens (tertiary/aromatic N) is 1. The average Bonchev–Trinajstić information content (AvgIpc) is 2.69. The largest absolute Gasteiger partial charge is 0.377 e. The summed E-state index contributed by atoms with van der Waals surface area (Å²) in [5, 5.41) is 5.05. The number of rotatable bonds is 4. The summed E-state index contributed by atoms with van der Waals surface area (Å²) >= 11 is 0. The zero-order chi connectivity index (χ0) is 22.4. The van der Waals surface area contributed by atoms with Crippen molar-refractivity contribution in [2.24, 2.45) is 5.14 Å². The van der Waals surface area contributed by atoms with Crippen LogP contribution in [-0.4, -0.2) is 22.5 Å². The minimum absolute atomic E-state index is 0.0420. The molecule has 0 heterocycles. The van der Waals surface area contributed by atoms with Crippen LogP contribution in [0.3, 0.4) is 0 Å². The van der Waals surface area contributed by atoms with Gasteiger partial charge in [0.05, 0.1) is 4.90 Å². The zero-order valence-electron chi connectivity index (χ0n) is 16.3. The molecule has 0 aromatic heterocycles. The van der Waals surface area contributed by atoms with Gasteiger partial charge in [-0.15, -0.1) is 0 Å². The van der Waals surface area contributed by atoms with Gasteiger partial charge < -0.3 is 4.90 Å². The first kappa shape index (κ1) is 21.8. The second-order valence-corrected chi connectivity index (χ2v) is 8.53. The molecule has 2 N–H and O–H groups in total. The van der Waals surface area contributed by atoms with E-state index in [1.807, 2.05) is 6.92 Å². The Morgan fingerprint density at radius 2 is 1.23 bits per heavy atom. The van der Waals surface area contributed by atoms with Crippen molar-refractivity contribution in [3.8, 4) is 22.3 Å². The van der Waals surface area contributed by atoms with Gasteiger partial charge in [-0.3, -0.25) is 0 Å². The van der Waals surface area contributed by atoms with Crippen LogP contribution in [0.1, 0.15) is 5.56 Å². The van der Waals surface area contributed by atoms with Crippen LogP contribution in [0.2, 0.25) is 0 Å². The van der Waals surface area contributed by atoms with Crippen LogP contribution in [0.5, 0.6) is 0 Å². The molecule has 0 radical (unpaired) electrons. The van der Waals surface area contributed by atoms with Crippen molar-refractivity contribution < 1.29 is 26.0 Å². The summed E-state index contributed by atoms with van der Waals surface area (Å²) in [6, 6.07) is 9.11. The molecule has 3 rings (SSSR count). The van der Waals surface area contributed by atoms with Crippen molar-refractivity contribution in [3.63, 3.8) is 0 Å². The van der Waals surface area contributed by atoms with Crippen LogP contribution in [0.15, 0.2) is 47.4 Å². The highest BCUT2D eigenvalue weighted by atomic mass is 32.2. The highest BCUT2D eigenvalue weighted by molar-refractivity contribution is 7.89.